The quantitative estimate of drug-likeness (QED) is 0.497. The van der Waals surface area contributed by atoms with E-state index >= 15 is 0 Å². The summed E-state index contributed by atoms with van der Waals surface area (Å²) in [5, 5.41) is 0. The minimum Gasteiger partial charge on any atom is -0.457 e. The molecule has 1 aliphatic rings. The molecule has 4 rings (SSSR count). The number of sulfonamides is 1. The summed E-state index contributed by atoms with van der Waals surface area (Å²) in [6, 6.07) is 17.6. The molecule has 0 unspecified atom stereocenters. The van der Waals surface area contributed by atoms with Crippen LogP contribution in [0.15, 0.2) is 77.7 Å². The number of rotatable bonds is 5. The largest absolute Gasteiger partial charge is 0.457 e. The monoisotopic (exact) mass is 475 g/mol. The first-order chi connectivity index (χ1) is 15.6. The third kappa shape index (κ3) is 5.09. The average molecular weight is 475 g/mol. The van der Waals surface area contributed by atoms with Crippen molar-refractivity contribution in [3.05, 3.63) is 101 Å². The summed E-state index contributed by atoms with van der Waals surface area (Å²) in [7, 11) is -3.85. The van der Waals surface area contributed by atoms with Crippen LogP contribution < -0.4 is 0 Å². The van der Waals surface area contributed by atoms with Gasteiger partial charge < -0.3 is 4.74 Å². The number of alkyl halides is 3. The lowest BCUT2D eigenvalue weighted by Crippen LogP contribution is -2.36. The number of halogens is 3. The summed E-state index contributed by atoms with van der Waals surface area (Å²) in [5.74, 6) is -0.826. The summed E-state index contributed by atoms with van der Waals surface area (Å²) >= 11 is 0. The van der Waals surface area contributed by atoms with Gasteiger partial charge in [0.2, 0.25) is 10.0 Å². The van der Waals surface area contributed by atoms with Gasteiger partial charge in [-0.15, -0.1) is 0 Å². The predicted octanol–water partition coefficient (Wildman–Crippen LogP) is 4.81. The van der Waals surface area contributed by atoms with Crippen molar-refractivity contribution in [2.75, 3.05) is 6.54 Å². The molecule has 3 aromatic carbocycles. The number of carbonyl (C=O) groups is 1. The van der Waals surface area contributed by atoms with E-state index in [4.69, 9.17) is 4.74 Å². The van der Waals surface area contributed by atoms with Crippen LogP contribution in [0.2, 0.25) is 0 Å². The third-order valence-electron chi connectivity index (χ3n) is 5.43. The number of hydrogen-bond donors (Lipinski definition) is 0. The standard InChI is InChI=1S/C24H20F3NO4S/c25-24(26,27)21-9-3-5-17(13-21)16-32-23(29)19-8-4-10-22(14-19)33(30,31)28-12-11-18-6-1-2-7-20(18)15-28/h1-10,13-14H,11-12,15-16H2. The first-order valence-corrected chi connectivity index (χ1v) is 11.6. The van der Waals surface area contributed by atoms with E-state index in [2.05, 4.69) is 0 Å². The predicted molar refractivity (Wildman–Crippen MR) is 115 cm³/mol. The topological polar surface area (TPSA) is 63.7 Å². The normalized spacial score (nSPS) is 14.5. The Morgan fingerprint density at radius 2 is 1.67 bits per heavy atom. The van der Waals surface area contributed by atoms with Crippen molar-refractivity contribution >= 4 is 16.0 Å². The molecule has 172 valence electrons. The number of esters is 1. The van der Waals surface area contributed by atoms with Gasteiger partial charge in [-0.3, -0.25) is 0 Å². The van der Waals surface area contributed by atoms with Crippen LogP contribution in [0.5, 0.6) is 0 Å². The fraction of sp³-hybridized carbons (Fsp3) is 0.208. The molecule has 3 aromatic rings. The molecule has 0 atom stereocenters. The van der Waals surface area contributed by atoms with E-state index in [0.29, 0.717) is 13.0 Å². The Balaban J connectivity index is 1.48. The molecule has 1 heterocycles. The van der Waals surface area contributed by atoms with E-state index in [0.717, 1.165) is 23.3 Å². The zero-order chi connectivity index (χ0) is 23.6. The molecule has 0 aliphatic carbocycles. The van der Waals surface area contributed by atoms with Crippen molar-refractivity contribution in [3.8, 4) is 0 Å². The van der Waals surface area contributed by atoms with E-state index in [1.165, 1.54) is 40.7 Å². The number of ether oxygens (including phenoxy) is 1. The number of carbonyl (C=O) groups excluding carboxylic acids is 1. The molecule has 0 saturated carbocycles. The fourth-order valence-corrected chi connectivity index (χ4v) is 5.14. The average Bonchev–Trinajstić information content (AvgIpc) is 2.82. The molecule has 33 heavy (non-hydrogen) atoms. The van der Waals surface area contributed by atoms with Crippen LogP contribution in [-0.4, -0.2) is 25.2 Å². The number of fused-ring (bicyclic) bond motifs is 1. The van der Waals surface area contributed by atoms with Crippen LogP contribution in [-0.2, 0) is 40.5 Å². The Kier molecular flexibility index (Phi) is 6.27. The smallest absolute Gasteiger partial charge is 0.416 e. The molecular weight excluding hydrogens is 455 g/mol. The van der Waals surface area contributed by atoms with Crippen LogP contribution in [0.3, 0.4) is 0 Å². The third-order valence-corrected chi connectivity index (χ3v) is 7.27. The van der Waals surface area contributed by atoms with Crippen LogP contribution in [0.25, 0.3) is 0 Å². The molecule has 0 saturated heterocycles. The maximum atomic E-state index is 13.1. The molecule has 1 aliphatic heterocycles. The van der Waals surface area contributed by atoms with Crippen molar-refractivity contribution in [3.63, 3.8) is 0 Å². The zero-order valence-electron chi connectivity index (χ0n) is 17.4. The Bertz CT molecular complexity index is 1290. The maximum Gasteiger partial charge on any atom is 0.416 e. The van der Waals surface area contributed by atoms with Gasteiger partial charge in [0, 0.05) is 13.1 Å². The lowest BCUT2D eigenvalue weighted by molar-refractivity contribution is -0.137. The van der Waals surface area contributed by atoms with Crippen molar-refractivity contribution in [2.45, 2.75) is 30.6 Å². The summed E-state index contributed by atoms with van der Waals surface area (Å²) in [5.41, 5.74) is 1.38. The molecule has 0 amide bonds. The Labute approximate surface area is 189 Å². The first-order valence-electron chi connectivity index (χ1n) is 10.1. The maximum absolute atomic E-state index is 13.1. The van der Waals surface area contributed by atoms with Crippen molar-refractivity contribution in [1.82, 2.24) is 4.31 Å². The zero-order valence-corrected chi connectivity index (χ0v) is 18.2. The highest BCUT2D eigenvalue weighted by Gasteiger charge is 2.31. The summed E-state index contributed by atoms with van der Waals surface area (Å²) in [6.45, 7) is 0.189. The van der Waals surface area contributed by atoms with Crippen molar-refractivity contribution < 1.29 is 31.1 Å². The van der Waals surface area contributed by atoms with Gasteiger partial charge in [0.1, 0.15) is 6.61 Å². The van der Waals surface area contributed by atoms with E-state index in [9.17, 15) is 26.4 Å². The van der Waals surface area contributed by atoms with E-state index in [1.807, 2.05) is 24.3 Å². The second-order valence-corrected chi connectivity index (χ2v) is 9.60. The fourth-order valence-electron chi connectivity index (χ4n) is 3.68. The molecule has 9 heteroatoms. The van der Waals surface area contributed by atoms with Gasteiger partial charge in [-0.1, -0.05) is 42.5 Å². The molecule has 0 aromatic heterocycles. The lowest BCUT2D eigenvalue weighted by atomic mass is 10.0. The molecule has 0 radical (unpaired) electrons. The summed E-state index contributed by atoms with van der Waals surface area (Å²) in [6.07, 6.45) is -3.91. The van der Waals surface area contributed by atoms with Gasteiger partial charge in [-0.05, 0) is 53.4 Å². The van der Waals surface area contributed by atoms with Crippen molar-refractivity contribution in [1.29, 1.82) is 0 Å². The minimum absolute atomic E-state index is 0.000426. The molecular formula is C24H20F3NO4S. The van der Waals surface area contributed by atoms with Gasteiger partial charge in [0.05, 0.1) is 16.0 Å². The second-order valence-electron chi connectivity index (χ2n) is 7.66. The highest BCUT2D eigenvalue weighted by atomic mass is 32.2. The number of benzene rings is 3. The molecule has 0 fully saturated rings. The summed E-state index contributed by atoms with van der Waals surface area (Å²) < 4.78 is 71.4. The van der Waals surface area contributed by atoms with E-state index < -0.39 is 27.7 Å². The van der Waals surface area contributed by atoms with Crippen molar-refractivity contribution in [2.24, 2.45) is 0 Å². The molecule has 0 N–H and O–H groups in total. The second kappa shape index (κ2) is 8.99. The lowest BCUT2D eigenvalue weighted by Gasteiger charge is -2.28. The molecule has 0 spiro atoms. The molecule has 0 bridgehead atoms. The highest BCUT2D eigenvalue weighted by Crippen LogP contribution is 2.30. The number of nitrogens with zero attached hydrogens (tertiary/aromatic N) is 1. The Hall–Kier alpha value is -3.17. The van der Waals surface area contributed by atoms with Gasteiger partial charge in [-0.25, -0.2) is 13.2 Å². The van der Waals surface area contributed by atoms with Gasteiger partial charge in [-0.2, -0.15) is 17.5 Å². The first kappa shape index (κ1) is 23.0. The number of hydrogen-bond acceptors (Lipinski definition) is 4. The Morgan fingerprint density at radius 1 is 0.939 bits per heavy atom. The van der Waals surface area contributed by atoms with Crippen LogP contribution >= 0.6 is 0 Å². The van der Waals surface area contributed by atoms with Crippen LogP contribution in [0, 0.1) is 0 Å². The minimum atomic E-state index is -4.50. The van der Waals surface area contributed by atoms with E-state index in [-0.39, 0.29) is 29.2 Å². The molecule has 5 nitrogen and oxygen atoms in total. The van der Waals surface area contributed by atoms with Gasteiger partial charge in [0.15, 0.2) is 0 Å². The highest BCUT2D eigenvalue weighted by molar-refractivity contribution is 7.89. The Morgan fingerprint density at radius 3 is 2.42 bits per heavy atom. The van der Waals surface area contributed by atoms with Crippen LogP contribution in [0.1, 0.15) is 32.6 Å². The SMILES string of the molecule is O=C(OCc1cccc(C(F)(F)F)c1)c1cccc(S(=O)(=O)N2CCc3ccccc3C2)c1. The van der Waals surface area contributed by atoms with Gasteiger partial charge in [0.25, 0.3) is 0 Å². The van der Waals surface area contributed by atoms with Crippen LogP contribution in [0.4, 0.5) is 13.2 Å². The van der Waals surface area contributed by atoms with Gasteiger partial charge >= 0.3 is 12.1 Å². The summed E-state index contributed by atoms with van der Waals surface area (Å²) in [4.78, 5) is 12.4. The van der Waals surface area contributed by atoms with E-state index in [1.54, 1.807) is 0 Å².